The molecule has 0 aliphatic carbocycles. The highest BCUT2D eigenvalue weighted by Gasteiger charge is 2.34. The van der Waals surface area contributed by atoms with Gasteiger partial charge in [0.15, 0.2) is 5.69 Å². The lowest BCUT2D eigenvalue weighted by Gasteiger charge is -2.36. The fourth-order valence-corrected chi connectivity index (χ4v) is 3.07. The summed E-state index contributed by atoms with van der Waals surface area (Å²) in [5.41, 5.74) is 0.994. The van der Waals surface area contributed by atoms with Gasteiger partial charge in [0.05, 0.1) is 11.1 Å². The molecule has 1 saturated heterocycles. The Balaban J connectivity index is 1.90. The van der Waals surface area contributed by atoms with E-state index in [1.165, 1.54) is 0 Å². The number of aryl methyl sites for hydroxylation is 1. The van der Waals surface area contributed by atoms with Crippen LogP contribution in [0.25, 0.3) is 10.9 Å². The summed E-state index contributed by atoms with van der Waals surface area (Å²) in [6.07, 6.45) is 1.46. The third-order valence-corrected chi connectivity index (χ3v) is 4.57. The standard InChI is InChI=1S/C15H18ClN3O2/c1-19-12-5-3-2-4-11(12)13(18-19)14(20)17-15(10-16)6-8-21-9-7-15/h2-5H,6-10H2,1H3,(H,17,20). The Labute approximate surface area is 128 Å². The minimum atomic E-state index is -0.393. The minimum Gasteiger partial charge on any atom is -0.381 e. The molecule has 2 heterocycles. The zero-order valence-electron chi connectivity index (χ0n) is 11.9. The maximum Gasteiger partial charge on any atom is 0.272 e. The first-order valence-corrected chi connectivity index (χ1v) is 7.57. The molecule has 112 valence electrons. The van der Waals surface area contributed by atoms with Crippen molar-refractivity contribution in [2.24, 2.45) is 7.05 Å². The SMILES string of the molecule is Cn1nc(C(=O)NC2(CCl)CCOCC2)c2ccccc21. The first-order valence-electron chi connectivity index (χ1n) is 7.03. The van der Waals surface area contributed by atoms with Crippen LogP contribution in [0.3, 0.4) is 0 Å². The van der Waals surface area contributed by atoms with E-state index >= 15 is 0 Å². The molecule has 1 aliphatic heterocycles. The summed E-state index contributed by atoms with van der Waals surface area (Å²) in [6.45, 7) is 1.24. The predicted molar refractivity (Wildman–Crippen MR) is 81.7 cm³/mol. The summed E-state index contributed by atoms with van der Waals surface area (Å²) in [4.78, 5) is 12.6. The molecule has 1 N–H and O–H groups in total. The molecule has 0 saturated carbocycles. The van der Waals surface area contributed by atoms with Gasteiger partial charge in [0, 0.05) is 31.5 Å². The van der Waals surface area contributed by atoms with Gasteiger partial charge in [0.1, 0.15) is 0 Å². The number of hydrogen-bond acceptors (Lipinski definition) is 3. The largest absolute Gasteiger partial charge is 0.381 e. The lowest BCUT2D eigenvalue weighted by atomic mass is 9.92. The summed E-state index contributed by atoms with van der Waals surface area (Å²) in [7, 11) is 1.84. The van der Waals surface area contributed by atoms with Gasteiger partial charge in [-0.3, -0.25) is 9.48 Å². The number of rotatable bonds is 3. The highest BCUT2D eigenvalue weighted by atomic mass is 35.5. The predicted octanol–water partition coefficient (Wildman–Crippen LogP) is 2.09. The number of para-hydroxylation sites is 1. The lowest BCUT2D eigenvalue weighted by Crippen LogP contribution is -2.53. The van der Waals surface area contributed by atoms with Crippen molar-refractivity contribution >= 4 is 28.4 Å². The normalized spacial score (nSPS) is 17.8. The Hall–Kier alpha value is -1.59. The average Bonchev–Trinajstić information content (AvgIpc) is 2.86. The van der Waals surface area contributed by atoms with Gasteiger partial charge < -0.3 is 10.1 Å². The van der Waals surface area contributed by atoms with Crippen molar-refractivity contribution in [2.75, 3.05) is 19.1 Å². The van der Waals surface area contributed by atoms with Crippen LogP contribution in [0.15, 0.2) is 24.3 Å². The van der Waals surface area contributed by atoms with Crippen LogP contribution >= 0.6 is 11.6 Å². The number of alkyl halides is 1. The Kier molecular flexibility index (Phi) is 3.87. The molecule has 0 spiro atoms. The van der Waals surface area contributed by atoms with E-state index in [0.29, 0.717) is 24.8 Å². The fraction of sp³-hybridized carbons (Fsp3) is 0.467. The highest BCUT2D eigenvalue weighted by Crippen LogP contribution is 2.24. The van der Waals surface area contributed by atoms with Gasteiger partial charge in [-0.15, -0.1) is 11.6 Å². The molecule has 1 aliphatic rings. The Morgan fingerprint density at radius 2 is 2.14 bits per heavy atom. The van der Waals surface area contributed by atoms with E-state index in [9.17, 15) is 4.79 Å². The number of halogens is 1. The molecule has 21 heavy (non-hydrogen) atoms. The number of carbonyl (C=O) groups excluding carboxylic acids is 1. The summed E-state index contributed by atoms with van der Waals surface area (Å²) in [6, 6.07) is 7.70. The maximum atomic E-state index is 12.6. The third-order valence-electron chi connectivity index (χ3n) is 4.06. The van der Waals surface area contributed by atoms with Crippen LogP contribution in [0.5, 0.6) is 0 Å². The molecule has 0 atom stereocenters. The maximum absolute atomic E-state index is 12.6. The molecule has 0 unspecified atom stereocenters. The number of amides is 1. The summed E-state index contributed by atoms with van der Waals surface area (Å²) >= 11 is 6.10. The monoisotopic (exact) mass is 307 g/mol. The molecule has 0 bridgehead atoms. The van der Waals surface area contributed by atoms with E-state index in [-0.39, 0.29) is 5.91 Å². The summed E-state index contributed by atoms with van der Waals surface area (Å²) in [5.74, 6) is 0.210. The van der Waals surface area contributed by atoms with E-state index < -0.39 is 5.54 Å². The average molecular weight is 308 g/mol. The van der Waals surface area contributed by atoms with Gasteiger partial charge in [0.25, 0.3) is 5.91 Å². The highest BCUT2D eigenvalue weighted by molar-refractivity contribution is 6.19. The fourth-order valence-electron chi connectivity index (χ4n) is 2.74. The van der Waals surface area contributed by atoms with Crippen LogP contribution < -0.4 is 5.32 Å². The van der Waals surface area contributed by atoms with E-state index in [2.05, 4.69) is 10.4 Å². The second-order valence-corrected chi connectivity index (χ2v) is 5.74. The van der Waals surface area contributed by atoms with Crippen molar-refractivity contribution in [3.05, 3.63) is 30.0 Å². The van der Waals surface area contributed by atoms with Gasteiger partial charge in [0.2, 0.25) is 0 Å². The number of ether oxygens (including phenoxy) is 1. The summed E-state index contributed by atoms with van der Waals surface area (Å²) in [5, 5.41) is 8.28. The Bertz CT molecular complexity index is 662. The zero-order chi connectivity index (χ0) is 14.9. The van der Waals surface area contributed by atoms with Crippen molar-refractivity contribution < 1.29 is 9.53 Å². The van der Waals surface area contributed by atoms with Crippen LogP contribution in [0, 0.1) is 0 Å². The minimum absolute atomic E-state index is 0.172. The first-order chi connectivity index (χ1) is 10.2. The number of nitrogens with zero attached hydrogens (tertiary/aromatic N) is 2. The van der Waals surface area contributed by atoms with Gasteiger partial charge in [-0.05, 0) is 18.9 Å². The van der Waals surface area contributed by atoms with Gasteiger partial charge in [-0.2, -0.15) is 5.10 Å². The molecule has 1 aromatic heterocycles. The number of aromatic nitrogens is 2. The van der Waals surface area contributed by atoms with Gasteiger partial charge in [-0.1, -0.05) is 18.2 Å². The van der Waals surface area contributed by atoms with E-state index in [0.717, 1.165) is 23.7 Å². The molecular formula is C15H18ClN3O2. The first kappa shape index (κ1) is 14.4. The van der Waals surface area contributed by atoms with Crippen LogP contribution in [-0.2, 0) is 11.8 Å². The number of fused-ring (bicyclic) bond motifs is 1. The molecule has 6 heteroatoms. The van der Waals surface area contributed by atoms with Crippen molar-refractivity contribution in [1.29, 1.82) is 0 Å². The Morgan fingerprint density at radius 3 is 2.86 bits per heavy atom. The van der Waals surface area contributed by atoms with Crippen LogP contribution in [0.4, 0.5) is 0 Å². The van der Waals surface area contributed by atoms with Crippen molar-refractivity contribution in [2.45, 2.75) is 18.4 Å². The van der Waals surface area contributed by atoms with Gasteiger partial charge >= 0.3 is 0 Å². The zero-order valence-corrected chi connectivity index (χ0v) is 12.7. The molecule has 1 fully saturated rings. The summed E-state index contributed by atoms with van der Waals surface area (Å²) < 4.78 is 7.08. The van der Waals surface area contributed by atoms with Crippen LogP contribution in [0.2, 0.25) is 0 Å². The van der Waals surface area contributed by atoms with Crippen molar-refractivity contribution in [3.8, 4) is 0 Å². The number of hydrogen-bond donors (Lipinski definition) is 1. The van der Waals surface area contributed by atoms with E-state index in [4.69, 9.17) is 16.3 Å². The second kappa shape index (κ2) is 5.66. The quantitative estimate of drug-likeness (QED) is 0.883. The topological polar surface area (TPSA) is 56.2 Å². The van der Waals surface area contributed by atoms with E-state index in [1.54, 1.807) is 4.68 Å². The lowest BCUT2D eigenvalue weighted by molar-refractivity contribution is 0.0432. The molecule has 2 aromatic rings. The second-order valence-electron chi connectivity index (χ2n) is 5.47. The number of nitrogens with one attached hydrogen (secondary N) is 1. The number of carbonyl (C=O) groups is 1. The molecule has 1 aromatic carbocycles. The molecule has 5 nitrogen and oxygen atoms in total. The Morgan fingerprint density at radius 1 is 1.43 bits per heavy atom. The smallest absolute Gasteiger partial charge is 0.272 e. The third kappa shape index (κ3) is 2.63. The van der Waals surface area contributed by atoms with Gasteiger partial charge in [-0.25, -0.2) is 0 Å². The molecule has 3 rings (SSSR count). The molecular weight excluding hydrogens is 290 g/mol. The van der Waals surface area contributed by atoms with Crippen LogP contribution in [0.1, 0.15) is 23.3 Å². The van der Waals surface area contributed by atoms with Crippen LogP contribution in [-0.4, -0.2) is 40.3 Å². The molecule has 1 amide bonds. The van der Waals surface area contributed by atoms with Crippen molar-refractivity contribution in [1.82, 2.24) is 15.1 Å². The molecule has 0 radical (unpaired) electrons. The number of benzene rings is 1. The van der Waals surface area contributed by atoms with Crippen molar-refractivity contribution in [3.63, 3.8) is 0 Å². The van der Waals surface area contributed by atoms with E-state index in [1.807, 2.05) is 31.3 Å².